The van der Waals surface area contributed by atoms with Gasteiger partial charge in [-0.05, 0) is 49.2 Å². The lowest BCUT2D eigenvalue weighted by Gasteiger charge is -2.38. The normalized spacial score (nSPS) is 14.4. The molecule has 3 aromatic heterocycles. The maximum Gasteiger partial charge on any atom is 0.219 e. The van der Waals surface area contributed by atoms with Gasteiger partial charge in [0.25, 0.3) is 0 Å². The topological polar surface area (TPSA) is 80.2 Å². The molecule has 38 heavy (non-hydrogen) atoms. The number of piperidine rings is 1. The molecule has 0 saturated carbocycles. The van der Waals surface area contributed by atoms with E-state index in [2.05, 4.69) is 27.6 Å². The third-order valence-electron chi connectivity index (χ3n) is 6.39. The fraction of sp³-hybridized carbons (Fsp3) is 0.259. The van der Waals surface area contributed by atoms with Crippen molar-refractivity contribution in [2.75, 3.05) is 18.4 Å². The molecular formula is C27H27ClFN5O2S2. The molecule has 1 aliphatic rings. The first-order valence-corrected chi connectivity index (χ1v) is 13.6. The molecule has 0 spiro atoms. The van der Waals surface area contributed by atoms with Crippen LogP contribution in [0.1, 0.15) is 32.4 Å². The smallest absolute Gasteiger partial charge is 0.219 e. The number of hydrogen-bond donors (Lipinski definition) is 1. The van der Waals surface area contributed by atoms with Gasteiger partial charge >= 0.3 is 0 Å². The molecule has 0 aliphatic carbocycles. The van der Waals surface area contributed by atoms with Crippen molar-refractivity contribution in [3.05, 3.63) is 77.8 Å². The number of ether oxygens (including phenoxy) is 1. The van der Waals surface area contributed by atoms with Crippen LogP contribution in [0, 0.1) is 5.82 Å². The molecule has 0 radical (unpaired) electrons. The molecule has 1 aromatic carbocycles. The summed E-state index contributed by atoms with van der Waals surface area (Å²) >= 11 is 2.98. The molecular weight excluding hydrogens is 545 g/mol. The Hall–Kier alpha value is -3.21. The summed E-state index contributed by atoms with van der Waals surface area (Å²) in [6, 6.07) is 13.5. The molecule has 4 heterocycles. The number of amides is 1. The van der Waals surface area contributed by atoms with Crippen LogP contribution < -0.4 is 10.1 Å². The van der Waals surface area contributed by atoms with Gasteiger partial charge in [-0.3, -0.25) is 4.79 Å². The first-order valence-electron chi connectivity index (χ1n) is 11.9. The summed E-state index contributed by atoms with van der Waals surface area (Å²) in [7, 11) is 0. The fourth-order valence-corrected chi connectivity index (χ4v) is 5.73. The van der Waals surface area contributed by atoms with E-state index < -0.39 is 0 Å². The van der Waals surface area contributed by atoms with Gasteiger partial charge in [-0.2, -0.15) is 0 Å². The molecule has 0 atom stereocenters. The van der Waals surface area contributed by atoms with E-state index in [0.717, 1.165) is 41.5 Å². The highest BCUT2D eigenvalue weighted by molar-refractivity contribution is 7.99. The number of carbonyl (C=O) groups excluding carboxylic acids is 1. The Labute approximate surface area is 235 Å². The van der Waals surface area contributed by atoms with Crippen LogP contribution in [-0.2, 0) is 10.2 Å². The summed E-state index contributed by atoms with van der Waals surface area (Å²) < 4.78 is 19.5. The maximum absolute atomic E-state index is 13.4. The van der Waals surface area contributed by atoms with Crippen molar-refractivity contribution in [3.63, 3.8) is 0 Å². The van der Waals surface area contributed by atoms with Crippen molar-refractivity contribution >= 4 is 52.4 Å². The van der Waals surface area contributed by atoms with Crippen LogP contribution in [0.3, 0.4) is 0 Å². The van der Waals surface area contributed by atoms with E-state index in [1.807, 2.05) is 29.2 Å². The van der Waals surface area contributed by atoms with E-state index in [0.29, 0.717) is 22.4 Å². The first kappa shape index (κ1) is 27.8. The highest BCUT2D eigenvalue weighted by atomic mass is 35.5. The SMILES string of the molecule is CC(=O)N1CCC(C)(c2csc(Nc3ncc(Sc4ccccn4)cc3Oc3ccc(F)cc3)n2)CC1.Cl. The van der Waals surface area contributed by atoms with Crippen LogP contribution >= 0.6 is 35.5 Å². The van der Waals surface area contributed by atoms with E-state index in [4.69, 9.17) is 9.72 Å². The number of nitrogens with one attached hydrogen (secondary N) is 1. The number of carbonyl (C=O) groups is 1. The van der Waals surface area contributed by atoms with Gasteiger partial charge in [0, 0.05) is 54.2 Å². The Balaban J connectivity index is 0.00000336. The van der Waals surface area contributed by atoms with Gasteiger partial charge in [0.1, 0.15) is 16.6 Å². The zero-order chi connectivity index (χ0) is 25.8. The summed E-state index contributed by atoms with van der Waals surface area (Å²) in [5.41, 5.74) is 0.915. The minimum Gasteiger partial charge on any atom is -0.453 e. The molecule has 5 rings (SSSR count). The monoisotopic (exact) mass is 571 g/mol. The minimum atomic E-state index is -0.332. The highest BCUT2D eigenvalue weighted by Crippen LogP contribution is 2.39. The van der Waals surface area contributed by atoms with Crippen LogP contribution in [0.15, 0.2) is 76.2 Å². The summed E-state index contributed by atoms with van der Waals surface area (Å²) in [5, 5.41) is 6.91. The Morgan fingerprint density at radius 1 is 1.16 bits per heavy atom. The fourth-order valence-electron chi connectivity index (χ4n) is 4.09. The lowest BCUT2D eigenvalue weighted by molar-refractivity contribution is -0.130. The number of aromatic nitrogens is 3. The van der Waals surface area contributed by atoms with E-state index in [9.17, 15) is 9.18 Å². The number of benzene rings is 1. The van der Waals surface area contributed by atoms with Crippen molar-refractivity contribution in [3.8, 4) is 11.5 Å². The standard InChI is InChI=1S/C27H26FN5O2S2.ClH/c1-18(34)33-13-10-27(2,11-14-33)23-17-36-26(31-23)32-25-22(35-20-8-6-19(28)7-9-20)15-21(16-30-25)37-24-5-3-4-12-29-24;/h3-9,12,15-17H,10-11,13-14H2,1-2H3,(H,30,31,32);1H. The number of rotatable bonds is 7. The van der Waals surface area contributed by atoms with Gasteiger partial charge in [0.15, 0.2) is 16.7 Å². The zero-order valence-electron chi connectivity index (χ0n) is 20.9. The number of pyridine rings is 2. The Kier molecular flexibility index (Phi) is 8.86. The predicted molar refractivity (Wildman–Crippen MR) is 151 cm³/mol. The molecule has 0 bridgehead atoms. The molecule has 1 saturated heterocycles. The van der Waals surface area contributed by atoms with E-state index in [-0.39, 0.29) is 29.5 Å². The van der Waals surface area contributed by atoms with Gasteiger partial charge in [0.05, 0.1) is 5.69 Å². The molecule has 198 valence electrons. The number of halogens is 2. The molecule has 1 aliphatic heterocycles. The maximum atomic E-state index is 13.4. The van der Waals surface area contributed by atoms with Crippen LogP contribution in [0.5, 0.6) is 11.5 Å². The van der Waals surface area contributed by atoms with Crippen LogP contribution in [-0.4, -0.2) is 38.8 Å². The molecule has 1 fully saturated rings. The predicted octanol–water partition coefficient (Wildman–Crippen LogP) is 7.08. The number of likely N-dealkylation sites (tertiary alicyclic amines) is 1. The molecule has 1 N–H and O–H groups in total. The second-order valence-electron chi connectivity index (χ2n) is 9.07. The lowest BCUT2D eigenvalue weighted by atomic mass is 9.78. The summed E-state index contributed by atoms with van der Waals surface area (Å²) in [6.07, 6.45) is 5.23. The number of thiazole rings is 1. The van der Waals surface area contributed by atoms with Crippen LogP contribution in [0.25, 0.3) is 0 Å². The van der Waals surface area contributed by atoms with Crippen molar-refractivity contribution in [1.29, 1.82) is 0 Å². The molecule has 11 heteroatoms. The van der Waals surface area contributed by atoms with Gasteiger partial charge in [-0.15, -0.1) is 23.7 Å². The van der Waals surface area contributed by atoms with Gasteiger partial charge in [0.2, 0.25) is 5.91 Å². The Morgan fingerprint density at radius 2 is 1.92 bits per heavy atom. The molecule has 0 unspecified atom stereocenters. The second-order valence-corrected chi connectivity index (χ2v) is 11.0. The van der Waals surface area contributed by atoms with Gasteiger partial charge in [-0.1, -0.05) is 24.8 Å². The number of anilines is 2. The largest absolute Gasteiger partial charge is 0.453 e. The third-order valence-corrected chi connectivity index (χ3v) is 8.06. The van der Waals surface area contributed by atoms with Gasteiger partial charge in [-0.25, -0.2) is 19.3 Å². The molecule has 1 amide bonds. The molecule has 7 nitrogen and oxygen atoms in total. The number of nitrogens with zero attached hydrogens (tertiary/aromatic N) is 4. The Morgan fingerprint density at radius 3 is 2.61 bits per heavy atom. The van der Waals surface area contributed by atoms with Crippen molar-refractivity contribution in [1.82, 2.24) is 19.9 Å². The van der Waals surface area contributed by atoms with E-state index >= 15 is 0 Å². The first-order chi connectivity index (χ1) is 17.9. The average Bonchev–Trinajstić information content (AvgIpc) is 3.37. The number of hydrogen-bond acceptors (Lipinski definition) is 8. The van der Waals surface area contributed by atoms with E-state index in [1.165, 1.54) is 35.2 Å². The second kappa shape index (κ2) is 12.1. The summed E-state index contributed by atoms with van der Waals surface area (Å²) in [4.78, 5) is 28.3. The quantitative estimate of drug-likeness (QED) is 0.254. The Bertz CT molecular complexity index is 1380. The zero-order valence-corrected chi connectivity index (χ0v) is 23.3. The third kappa shape index (κ3) is 6.61. The van der Waals surface area contributed by atoms with Crippen molar-refractivity contribution in [2.45, 2.75) is 42.0 Å². The van der Waals surface area contributed by atoms with Crippen molar-refractivity contribution < 1.29 is 13.9 Å². The highest BCUT2D eigenvalue weighted by Gasteiger charge is 2.34. The van der Waals surface area contributed by atoms with Gasteiger partial charge < -0.3 is 15.0 Å². The summed E-state index contributed by atoms with van der Waals surface area (Å²) in [6.45, 7) is 5.29. The van der Waals surface area contributed by atoms with Crippen molar-refractivity contribution in [2.24, 2.45) is 0 Å². The van der Waals surface area contributed by atoms with Crippen LogP contribution in [0.4, 0.5) is 15.3 Å². The van der Waals surface area contributed by atoms with E-state index in [1.54, 1.807) is 31.5 Å². The summed E-state index contributed by atoms with van der Waals surface area (Å²) in [5.74, 6) is 1.28. The minimum absolute atomic E-state index is 0. The molecule has 4 aromatic rings. The van der Waals surface area contributed by atoms with Crippen LogP contribution in [0.2, 0.25) is 0 Å². The lowest BCUT2D eigenvalue weighted by Crippen LogP contribution is -2.43. The average molecular weight is 572 g/mol.